The lowest BCUT2D eigenvalue weighted by molar-refractivity contribution is 1.18. The van der Waals surface area contributed by atoms with Crippen LogP contribution in [0.15, 0.2) is 218 Å². The summed E-state index contributed by atoms with van der Waals surface area (Å²) in [6, 6.07) is 79.3. The summed E-state index contributed by atoms with van der Waals surface area (Å²) >= 11 is 1.87. The van der Waals surface area contributed by atoms with E-state index in [1.807, 2.05) is 11.3 Å². The number of hydrogen-bond acceptors (Lipinski definition) is 2. The molecule has 0 spiro atoms. The number of para-hydroxylation sites is 2. The molecular formula is C54H36N2S. The van der Waals surface area contributed by atoms with Crippen molar-refractivity contribution in [2.75, 3.05) is 4.90 Å². The van der Waals surface area contributed by atoms with Gasteiger partial charge in [-0.25, -0.2) is 0 Å². The topological polar surface area (TPSA) is 8.17 Å². The molecule has 0 saturated carbocycles. The molecule has 3 heteroatoms. The normalized spacial score (nSPS) is 11.5. The summed E-state index contributed by atoms with van der Waals surface area (Å²) in [5.41, 5.74) is 14.2. The average molecular weight is 745 g/mol. The Morgan fingerprint density at radius 2 is 0.947 bits per heavy atom. The first kappa shape index (κ1) is 33.2. The second-order valence-electron chi connectivity index (χ2n) is 14.5. The molecule has 268 valence electrons. The van der Waals surface area contributed by atoms with Gasteiger partial charge in [-0.2, -0.15) is 0 Å². The van der Waals surface area contributed by atoms with Gasteiger partial charge in [-0.15, -0.1) is 11.3 Å². The van der Waals surface area contributed by atoms with Crippen LogP contribution in [0.4, 0.5) is 17.1 Å². The summed E-state index contributed by atoms with van der Waals surface area (Å²) in [5, 5.41) is 5.09. The number of anilines is 3. The third kappa shape index (κ3) is 5.63. The standard InChI is InChI=1S/C54H36N2S/c1-4-16-37(17-5-1)43-35-34-42(36-48(43)38-18-6-2-7-19-38)55(51-28-15-25-46-45-22-11-13-29-52(45)57-54(46)51)41-32-30-39(31-33-41)44-24-14-27-50-53(44)47-23-10-12-26-49(47)56(50)40-20-8-3-9-21-40/h1-36H. The molecule has 0 fully saturated rings. The van der Waals surface area contributed by atoms with Gasteiger partial charge < -0.3 is 9.47 Å². The Morgan fingerprint density at radius 3 is 1.72 bits per heavy atom. The van der Waals surface area contributed by atoms with E-state index in [0.717, 1.165) is 17.1 Å². The number of thiophene rings is 1. The van der Waals surface area contributed by atoms with Crippen molar-refractivity contribution in [2.45, 2.75) is 0 Å². The molecule has 0 aliphatic heterocycles. The van der Waals surface area contributed by atoms with E-state index in [-0.39, 0.29) is 0 Å². The predicted molar refractivity (Wildman–Crippen MR) is 245 cm³/mol. The predicted octanol–water partition coefficient (Wildman–Crippen LogP) is 15.6. The lowest BCUT2D eigenvalue weighted by atomic mass is 9.93. The van der Waals surface area contributed by atoms with Crippen LogP contribution < -0.4 is 4.90 Å². The van der Waals surface area contributed by atoms with E-state index in [1.54, 1.807) is 0 Å². The summed E-state index contributed by atoms with van der Waals surface area (Å²) in [7, 11) is 0. The molecule has 0 radical (unpaired) electrons. The summed E-state index contributed by atoms with van der Waals surface area (Å²) in [4.78, 5) is 2.45. The largest absolute Gasteiger partial charge is 0.309 e. The van der Waals surface area contributed by atoms with Crippen LogP contribution in [0.3, 0.4) is 0 Å². The molecule has 0 atom stereocenters. The van der Waals surface area contributed by atoms with Crippen LogP contribution in [-0.2, 0) is 0 Å². The van der Waals surface area contributed by atoms with Crippen molar-refractivity contribution >= 4 is 70.4 Å². The van der Waals surface area contributed by atoms with Gasteiger partial charge in [-0.05, 0) is 94.0 Å². The number of benzene rings is 9. The number of aromatic nitrogens is 1. The second-order valence-corrected chi connectivity index (χ2v) is 15.5. The highest BCUT2D eigenvalue weighted by Gasteiger charge is 2.21. The molecule has 9 aromatic carbocycles. The van der Waals surface area contributed by atoms with Gasteiger partial charge in [0.25, 0.3) is 0 Å². The van der Waals surface area contributed by atoms with Gasteiger partial charge in [0.05, 0.1) is 21.4 Å². The Balaban J connectivity index is 1.11. The van der Waals surface area contributed by atoms with Gasteiger partial charge in [0.2, 0.25) is 0 Å². The molecule has 57 heavy (non-hydrogen) atoms. The maximum atomic E-state index is 2.45. The Kier molecular flexibility index (Phi) is 8.04. The molecule has 0 saturated heterocycles. The van der Waals surface area contributed by atoms with E-state index in [0.29, 0.717) is 0 Å². The van der Waals surface area contributed by atoms with Gasteiger partial charge in [-0.3, -0.25) is 0 Å². The van der Waals surface area contributed by atoms with Crippen molar-refractivity contribution in [1.29, 1.82) is 0 Å². The zero-order valence-corrected chi connectivity index (χ0v) is 31.9. The Labute approximate surface area is 335 Å². The quantitative estimate of drug-likeness (QED) is 0.158. The minimum absolute atomic E-state index is 1.11. The van der Waals surface area contributed by atoms with Crippen LogP contribution in [0.25, 0.3) is 81.0 Å². The highest BCUT2D eigenvalue weighted by atomic mass is 32.1. The SMILES string of the molecule is c1ccc(-c2ccc(N(c3ccc(-c4cccc5c4c4ccccc4n5-c4ccccc4)cc3)c3cccc4c3sc3ccccc34)cc2-c2ccccc2)cc1. The smallest absolute Gasteiger partial charge is 0.0640 e. The lowest BCUT2D eigenvalue weighted by Gasteiger charge is -2.27. The van der Waals surface area contributed by atoms with Crippen molar-refractivity contribution in [2.24, 2.45) is 0 Å². The monoisotopic (exact) mass is 744 g/mol. The molecule has 0 unspecified atom stereocenters. The molecule has 2 aromatic heterocycles. The van der Waals surface area contributed by atoms with Crippen LogP contribution in [-0.4, -0.2) is 4.57 Å². The Hall–Kier alpha value is -7.20. The molecule has 2 nitrogen and oxygen atoms in total. The first-order valence-corrected chi connectivity index (χ1v) is 20.3. The maximum absolute atomic E-state index is 2.45. The summed E-state index contributed by atoms with van der Waals surface area (Å²) in [6.07, 6.45) is 0. The zero-order chi connectivity index (χ0) is 37.7. The highest BCUT2D eigenvalue weighted by molar-refractivity contribution is 7.26. The van der Waals surface area contributed by atoms with Crippen molar-refractivity contribution in [3.63, 3.8) is 0 Å². The number of fused-ring (bicyclic) bond motifs is 6. The summed E-state index contributed by atoms with van der Waals surface area (Å²) in [5.74, 6) is 0. The van der Waals surface area contributed by atoms with Crippen molar-refractivity contribution in [1.82, 2.24) is 4.57 Å². The fourth-order valence-corrected chi connectivity index (χ4v) is 9.84. The van der Waals surface area contributed by atoms with E-state index in [2.05, 4.69) is 228 Å². The summed E-state index contributed by atoms with van der Waals surface area (Å²) in [6.45, 7) is 0. The highest BCUT2D eigenvalue weighted by Crippen LogP contribution is 2.47. The minimum Gasteiger partial charge on any atom is -0.309 e. The van der Waals surface area contributed by atoms with Crippen LogP contribution in [0.5, 0.6) is 0 Å². The fourth-order valence-electron chi connectivity index (χ4n) is 8.64. The van der Waals surface area contributed by atoms with E-state index in [4.69, 9.17) is 0 Å². The molecule has 0 amide bonds. The van der Waals surface area contributed by atoms with Gasteiger partial charge >= 0.3 is 0 Å². The van der Waals surface area contributed by atoms with Crippen LogP contribution in [0.1, 0.15) is 0 Å². The van der Waals surface area contributed by atoms with Crippen molar-refractivity contribution in [3.8, 4) is 39.1 Å². The first-order valence-electron chi connectivity index (χ1n) is 19.4. The molecule has 0 bridgehead atoms. The number of rotatable bonds is 7. The van der Waals surface area contributed by atoms with Gasteiger partial charge in [0.1, 0.15) is 0 Å². The molecule has 11 aromatic rings. The molecule has 2 heterocycles. The third-order valence-electron chi connectivity index (χ3n) is 11.2. The lowest BCUT2D eigenvalue weighted by Crippen LogP contribution is -2.10. The Morgan fingerprint density at radius 1 is 0.368 bits per heavy atom. The molecule has 0 aliphatic rings. The fraction of sp³-hybridized carbons (Fsp3) is 0. The van der Waals surface area contributed by atoms with Crippen molar-refractivity contribution in [3.05, 3.63) is 218 Å². The summed E-state index contributed by atoms with van der Waals surface area (Å²) < 4.78 is 4.95. The second kappa shape index (κ2) is 13.8. The molecular weight excluding hydrogens is 709 g/mol. The first-order chi connectivity index (χ1) is 28.3. The van der Waals surface area contributed by atoms with Gasteiger partial charge in [-0.1, -0.05) is 158 Å². The minimum atomic E-state index is 1.11. The molecule has 0 aliphatic carbocycles. The Bertz CT molecular complexity index is 3220. The molecule has 0 N–H and O–H groups in total. The number of hydrogen-bond donors (Lipinski definition) is 0. The van der Waals surface area contributed by atoms with E-state index < -0.39 is 0 Å². The van der Waals surface area contributed by atoms with Crippen molar-refractivity contribution < 1.29 is 0 Å². The van der Waals surface area contributed by atoms with E-state index in [1.165, 1.54) is 81.0 Å². The maximum Gasteiger partial charge on any atom is 0.0640 e. The van der Waals surface area contributed by atoms with Gasteiger partial charge in [0.15, 0.2) is 0 Å². The van der Waals surface area contributed by atoms with Gasteiger partial charge in [0, 0.05) is 43.3 Å². The van der Waals surface area contributed by atoms with E-state index in [9.17, 15) is 0 Å². The molecule has 11 rings (SSSR count). The zero-order valence-electron chi connectivity index (χ0n) is 31.1. The number of nitrogens with zero attached hydrogens (tertiary/aromatic N) is 2. The van der Waals surface area contributed by atoms with Crippen LogP contribution in [0.2, 0.25) is 0 Å². The average Bonchev–Trinajstić information content (AvgIpc) is 3.84. The van der Waals surface area contributed by atoms with Crippen LogP contribution >= 0.6 is 11.3 Å². The third-order valence-corrected chi connectivity index (χ3v) is 12.4. The van der Waals surface area contributed by atoms with Crippen LogP contribution in [0, 0.1) is 0 Å². The van der Waals surface area contributed by atoms with E-state index >= 15 is 0 Å².